The molecule has 1 saturated carbocycles. The van der Waals surface area contributed by atoms with Gasteiger partial charge in [-0.15, -0.1) is 0 Å². The maximum Gasteiger partial charge on any atom is 0.131 e. The van der Waals surface area contributed by atoms with Crippen molar-refractivity contribution in [1.29, 1.82) is 0 Å². The van der Waals surface area contributed by atoms with Crippen LogP contribution in [0.4, 0.5) is 0 Å². The predicted molar refractivity (Wildman–Crippen MR) is 184 cm³/mol. The van der Waals surface area contributed by atoms with E-state index in [2.05, 4.69) is 140 Å². The van der Waals surface area contributed by atoms with Gasteiger partial charge in [-0.05, 0) is 69.4 Å². The van der Waals surface area contributed by atoms with E-state index in [0.717, 1.165) is 11.4 Å². The third-order valence-electron chi connectivity index (χ3n) is 11.6. The van der Waals surface area contributed by atoms with Gasteiger partial charge < -0.3 is 5.32 Å². The minimum absolute atomic E-state index is 0.0332. The Kier molecular flexibility index (Phi) is 6.12. The molecule has 1 aliphatic heterocycles. The molecule has 0 bridgehead atoms. The second-order valence-electron chi connectivity index (χ2n) is 14.3. The molecule has 0 saturated heterocycles. The van der Waals surface area contributed by atoms with Gasteiger partial charge in [0.15, 0.2) is 0 Å². The molecule has 0 radical (unpaired) electrons. The summed E-state index contributed by atoms with van der Waals surface area (Å²) in [6.45, 7) is 4.85. The third-order valence-corrected chi connectivity index (χ3v) is 11.6. The summed E-state index contributed by atoms with van der Waals surface area (Å²) in [5, 5.41) is 7.51. The summed E-state index contributed by atoms with van der Waals surface area (Å²) in [6, 6.07) is 37.7. The van der Waals surface area contributed by atoms with Gasteiger partial charge in [0.2, 0.25) is 0 Å². The molecule has 0 amide bonds. The van der Waals surface area contributed by atoms with Crippen molar-refractivity contribution in [2.45, 2.75) is 75.0 Å². The van der Waals surface area contributed by atoms with E-state index >= 15 is 0 Å². The number of nitrogens with one attached hydrogen (secondary N) is 2. The van der Waals surface area contributed by atoms with Gasteiger partial charge in [-0.3, -0.25) is 5.32 Å². The lowest BCUT2D eigenvalue weighted by molar-refractivity contribution is 0.233. The number of allylic oxidation sites excluding steroid dienone is 4. The van der Waals surface area contributed by atoms with E-state index in [-0.39, 0.29) is 23.2 Å². The van der Waals surface area contributed by atoms with Gasteiger partial charge in [0.1, 0.15) is 18.2 Å². The molecule has 4 aromatic rings. The molecule has 224 valence electrons. The number of fused-ring (bicyclic) bond motifs is 8. The van der Waals surface area contributed by atoms with Gasteiger partial charge in [-0.25, -0.2) is 4.99 Å². The Bertz CT molecular complexity index is 1870. The Labute approximate surface area is 267 Å². The lowest BCUT2D eigenvalue weighted by Crippen LogP contribution is -2.44. The van der Waals surface area contributed by atoms with E-state index in [0.29, 0.717) is 11.8 Å². The molecule has 4 aromatic carbocycles. The van der Waals surface area contributed by atoms with Crippen molar-refractivity contribution in [1.82, 2.24) is 10.6 Å². The Morgan fingerprint density at radius 1 is 0.711 bits per heavy atom. The third kappa shape index (κ3) is 4.10. The first kappa shape index (κ1) is 27.1. The van der Waals surface area contributed by atoms with Crippen LogP contribution in [0.2, 0.25) is 0 Å². The zero-order valence-corrected chi connectivity index (χ0v) is 26.3. The molecule has 4 atom stereocenters. The van der Waals surface area contributed by atoms with Crippen molar-refractivity contribution >= 4 is 11.4 Å². The average molecular weight is 588 g/mol. The van der Waals surface area contributed by atoms with Crippen LogP contribution in [0.15, 0.2) is 126 Å². The Morgan fingerprint density at radius 3 is 2.24 bits per heavy atom. The molecule has 4 unspecified atom stereocenters. The normalized spacial score (nSPS) is 26.8. The van der Waals surface area contributed by atoms with Crippen LogP contribution in [0, 0.1) is 5.92 Å². The van der Waals surface area contributed by atoms with Crippen molar-refractivity contribution in [2.75, 3.05) is 0 Å². The summed E-state index contributed by atoms with van der Waals surface area (Å²) in [4.78, 5) is 5.27. The van der Waals surface area contributed by atoms with Gasteiger partial charge in [-0.2, -0.15) is 0 Å². The van der Waals surface area contributed by atoms with Crippen LogP contribution in [0.3, 0.4) is 0 Å². The first-order chi connectivity index (χ1) is 22.0. The van der Waals surface area contributed by atoms with Crippen LogP contribution in [0.1, 0.15) is 103 Å². The smallest absolute Gasteiger partial charge is 0.131 e. The first-order valence-electron chi connectivity index (χ1n) is 16.9. The second-order valence-corrected chi connectivity index (χ2v) is 14.3. The van der Waals surface area contributed by atoms with E-state index in [1.165, 1.54) is 65.5 Å². The number of nitrogens with zero attached hydrogens (tertiary/aromatic N) is 1. The summed E-state index contributed by atoms with van der Waals surface area (Å²) in [7, 11) is 0. The molecule has 4 aliphatic carbocycles. The Morgan fingerprint density at radius 2 is 1.44 bits per heavy atom. The van der Waals surface area contributed by atoms with E-state index < -0.39 is 0 Å². The standard InChI is InChI=1S/C42H41N3/c1-41(2)34-21-20-29(40-44-38(27-14-6-3-7-15-27)43-39(45-40)28-16-8-4-9-17-28)24-31(34)33-26-37-32(25-36(33)41)30-18-10-11-19-35(30)42(37)22-12-5-13-23-42/h3-4,6-11,14-21,24-26,32,37-38,40,44H,5,12-13,22-23H2,1-2H3,(H,43,45). The summed E-state index contributed by atoms with van der Waals surface area (Å²) >= 11 is 0. The maximum atomic E-state index is 5.27. The van der Waals surface area contributed by atoms with Crippen molar-refractivity contribution in [3.63, 3.8) is 0 Å². The van der Waals surface area contributed by atoms with E-state index in [1.807, 2.05) is 0 Å². The van der Waals surface area contributed by atoms with Crippen molar-refractivity contribution < 1.29 is 0 Å². The number of rotatable bonds is 3. The number of hydrogen-bond acceptors (Lipinski definition) is 3. The number of hydrogen-bond donors (Lipinski definition) is 2. The molecule has 3 heteroatoms. The quantitative estimate of drug-likeness (QED) is 0.251. The highest BCUT2D eigenvalue weighted by atomic mass is 15.3. The minimum atomic E-state index is -0.162. The highest BCUT2D eigenvalue weighted by Crippen LogP contribution is 2.63. The molecule has 1 fully saturated rings. The second kappa shape index (κ2) is 10.2. The van der Waals surface area contributed by atoms with Crippen LogP contribution in [0.5, 0.6) is 0 Å². The molecule has 0 aromatic heterocycles. The van der Waals surface area contributed by atoms with Gasteiger partial charge in [0.25, 0.3) is 0 Å². The van der Waals surface area contributed by atoms with Gasteiger partial charge in [-0.1, -0.05) is 142 Å². The molecular weight excluding hydrogens is 546 g/mol. The fraction of sp³-hybridized carbons (Fsp3) is 0.310. The molecule has 3 nitrogen and oxygen atoms in total. The highest BCUT2D eigenvalue weighted by molar-refractivity contribution is 5.99. The van der Waals surface area contributed by atoms with Crippen LogP contribution in [-0.4, -0.2) is 5.84 Å². The summed E-state index contributed by atoms with van der Waals surface area (Å²) in [5.41, 5.74) is 12.8. The van der Waals surface area contributed by atoms with E-state index in [9.17, 15) is 0 Å². The predicted octanol–water partition coefficient (Wildman–Crippen LogP) is 9.25. The lowest BCUT2D eigenvalue weighted by atomic mass is 9.62. The summed E-state index contributed by atoms with van der Waals surface area (Å²) < 4.78 is 0. The van der Waals surface area contributed by atoms with Crippen LogP contribution >= 0.6 is 0 Å². The summed E-state index contributed by atoms with van der Waals surface area (Å²) in [6.07, 6.45) is 11.9. The largest absolute Gasteiger partial charge is 0.350 e. The SMILES string of the molecule is CC1(C)C2=CC3c4ccccc4C4(CCCCC4)C3C=C2c2cc(C3N=C(c4ccccc4)NC(c4ccccc4)N3)ccc21. The van der Waals surface area contributed by atoms with Gasteiger partial charge in [0.05, 0.1) is 0 Å². The number of benzene rings is 4. The number of amidine groups is 1. The van der Waals surface area contributed by atoms with Crippen LogP contribution in [-0.2, 0) is 10.8 Å². The van der Waals surface area contributed by atoms with Crippen molar-refractivity contribution in [3.05, 3.63) is 160 Å². The first-order valence-corrected chi connectivity index (χ1v) is 16.9. The molecule has 45 heavy (non-hydrogen) atoms. The fourth-order valence-corrected chi connectivity index (χ4v) is 9.45. The van der Waals surface area contributed by atoms with E-state index in [1.54, 1.807) is 11.1 Å². The fourth-order valence-electron chi connectivity index (χ4n) is 9.45. The molecule has 9 rings (SSSR count). The Balaban J connectivity index is 1.15. The molecule has 5 aliphatic rings. The molecule has 2 N–H and O–H groups in total. The van der Waals surface area contributed by atoms with Crippen molar-refractivity contribution in [2.24, 2.45) is 10.9 Å². The Hall–Kier alpha value is -4.21. The zero-order chi connectivity index (χ0) is 30.2. The lowest BCUT2D eigenvalue weighted by Gasteiger charge is -2.41. The maximum absolute atomic E-state index is 5.27. The van der Waals surface area contributed by atoms with E-state index in [4.69, 9.17) is 4.99 Å². The average Bonchev–Trinajstić information content (AvgIpc) is 3.49. The zero-order valence-electron chi connectivity index (χ0n) is 26.3. The van der Waals surface area contributed by atoms with Gasteiger partial charge >= 0.3 is 0 Å². The minimum Gasteiger partial charge on any atom is -0.350 e. The summed E-state index contributed by atoms with van der Waals surface area (Å²) in [5.74, 6) is 1.93. The van der Waals surface area contributed by atoms with Gasteiger partial charge in [0, 0.05) is 22.3 Å². The number of aliphatic imine (C=N–C) groups is 1. The molecular formula is C42H41N3. The van der Waals surface area contributed by atoms with Crippen LogP contribution in [0.25, 0.3) is 5.57 Å². The molecule has 1 heterocycles. The molecule has 1 spiro atoms. The van der Waals surface area contributed by atoms with Crippen LogP contribution < -0.4 is 10.6 Å². The van der Waals surface area contributed by atoms with Crippen molar-refractivity contribution in [3.8, 4) is 0 Å². The highest BCUT2D eigenvalue weighted by Gasteiger charge is 2.53. The topological polar surface area (TPSA) is 36.4 Å². The monoisotopic (exact) mass is 587 g/mol.